The van der Waals surface area contributed by atoms with Gasteiger partial charge < -0.3 is 24.8 Å². The van der Waals surface area contributed by atoms with E-state index < -0.39 is 44.9 Å². The maximum Gasteiger partial charge on any atom is 0.409 e. The van der Waals surface area contributed by atoms with Crippen LogP contribution in [0.1, 0.15) is 31.2 Å². The highest BCUT2D eigenvalue weighted by Gasteiger charge is 2.56. The number of fused-ring (bicyclic) bond motifs is 3. The highest BCUT2D eigenvalue weighted by Crippen LogP contribution is 2.52. The number of halogens is 2. The lowest BCUT2D eigenvalue weighted by Crippen LogP contribution is -2.60. The van der Waals surface area contributed by atoms with E-state index in [1.165, 1.54) is 11.0 Å². The van der Waals surface area contributed by atoms with Crippen LogP contribution in [-0.2, 0) is 31.3 Å². The molecule has 1 aliphatic carbocycles. The Labute approximate surface area is 240 Å². The number of amides is 2. The second-order valence-electron chi connectivity index (χ2n) is 10.8. The molecule has 4 heterocycles. The molecule has 216 valence electrons. The summed E-state index contributed by atoms with van der Waals surface area (Å²) in [6.45, 7) is 2.88. The molecule has 0 radical (unpaired) electrons. The maximum atomic E-state index is 15.5. The molecule has 2 N–H and O–H groups in total. The number of nitrogens with zero attached hydrogens (tertiary/aromatic N) is 4. The van der Waals surface area contributed by atoms with E-state index in [4.69, 9.17) is 26.6 Å². The third-order valence-electron chi connectivity index (χ3n) is 7.89. The molecule has 4 aliphatic rings. The number of piperidine rings is 2. The van der Waals surface area contributed by atoms with Gasteiger partial charge in [0.1, 0.15) is 5.82 Å². The first kappa shape index (κ1) is 27.6. The van der Waals surface area contributed by atoms with Gasteiger partial charge in [-0.15, -0.1) is 0 Å². The molecule has 3 aliphatic heterocycles. The number of hydrogen-bond acceptors (Lipinski definition) is 9. The average Bonchev–Trinajstić information content (AvgIpc) is 3.40. The minimum atomic E-state index is -4.11. The van der Waals surface area contributed by atoms with Crippen LogP contribution < -0.4 is 10.6 Å². The zero-order valence-electron chi connectivity index (χ0n) is 22.0. The molecule has 3 fully saturated rings. The standard InChI is InChI=1S/C27H27ClFN5O6S/c1-2-39-26(36)33-11-16-9-27(10-16,14-33)25-31-23(32-40-25)18-7-21-22(8-19(18)29)41(37,38)13-20(30)24(35)34(21)12-15-3-5-17(28)6-4-15/h3-8,16,20H,2,9-14,30H2,1H3/t16?,20-,27?/m0/s1. The molecule has 41 heavy (non-hydrogen) atoms. The predicted molar refractivity (Wildman–Crippen MR) is 145 cm³/mol. The lowest BCUT2D eigenvalue weighted by Gasteiger charge is -2.53. The number of carbonyl (C=O) groups is 2. The second kappa shape index (κ2) is 10.1. The Morgan fingerprint density at radius 2 is 2.00 bits per heavy atom. The van der Waals surface area contributed by atoms with E-state index in [0.717, 1.165) is 18.9 Å². The number of benzene rings is 2. The molecule has 3 aromatic rings. The number of aromatic nitrogens is 2. The summed E-state index contributed by atoms with van der Waals surface area (Å²) in [5, 5.41) is 4.50. The molecule has 1 atom stereocenters. The van der Waals surface area contributed by atoms with Gasteiger partial charge in [-0.3, -0.25) is 4.79 Å². The van der Waals surface area contributed by atoms with Crippen molar-refractivity contribution in [2.24, 2.45) is 11.7 Å². The molecule has 2 saturated heterocycles. The monoisotopic (exact) mass is 603 g/mol. The predicted octanol–water partition coefficient (Wildman–Crippen LogP) is 3.30. The molecule has 2 amide bonds. The molecule has 2 aromatic carbocycles. The summed E-state index contributed by atoms with van der Waals surface area (Å²) in [7, 11) is -4.11. The van der Waals surface area contributed by atoms with Gasteiger partial charge in [0, 0.05) is 18.1 Å². The Balaban J connectivity index is 1.38. The Kier molecular flexibility index (Phi) is 6.78. The second-order valence-corrected chi connectivity index (χ2v) is 13.2. The van der Waals surface area contributed by atoms with Crippen LogP contribution in [0.5, 0.6) is 0 Å². The van der Waals surface area contributed by atoms with Crippen LogP contribution in [0, 0.1) is 11.7 Å². The van der Waals surface area contributed by atoms with E-state index >= 15 is 4.39 Å². The molecule has 11 nitrogen and oxygen atoms in total. The fourth-order valence-electron chi connectivity index (χ4n) is 6.02. The van der Waals surface area contributed by atoms with Crippen LogP contribution in [0.4, 0.5) is 14.9 Å². The summed E-state index contributed by atoms with van der Waals surface area (Å²) in [5.74, 6) is -1.77. The fourth-order valence-corrected chi connectivity index (χ4v) is 7.71. The Morgan fingerprint density at radius 1 is 1.27 bits per heavy atom. The molecule has 0 unspecified atom stereocenters. The number of anilines is 1. The van der Waals surface area contributed by atoms with Crippen LogP contribution in [0.25, 0.3) is 11.4 Å². The van der Waals surface area contributed by atoms with E-state index in [1.807, 2.05) is 0 Å². The van der Waals surface area contributed by atoms with Crippen molar-refractivity contribution in [3.63, 3.8) is 0 Å². The van der Waals surface area contributed by atoms with Crippen molar-refractivity contribution >= 4 is 39.1 Å². The minimum absolute atomic E-state index is 0.0248. The molecular formula is C27H27ClFN5O6S. The first-order valence-electron chi connectivity index (χ1n) is 13.1. The number of carbonyl (C=O) groups excluding carboxylic acids is 2. The summed E-state index contributed by atoms with van der Waals surface area (Å²) in [4.78, 5) is 32.6. The largest absolute Gasteiger partial charge is 0.450 e. The lowest BCUT2D eigenvalue weighted by atomic mass is 9.58. The number of sulfone groups is 1. The molecule has 1 saturated carbocycles. The Morgan fingerprint density at radius 3 is 2.71 bits per heavy atom. The van der Waals surface area contributed by atoms with Crippen molar-refractivity contribution in [3.05, 3.63) is 58.7 Å². The van der Waals surface area contributed by atoms with E-state index in [2.05, 4.69) is 10.1 Å². The van der Waals surface area contributed by atoms with Gasteiger partial charge in [-0.1, -0.05) is 28.9 Å². The first-order chi connectivity index (χ1) is 19.5. The van der Waals surface area contributed by atoms with Crippen molar-refractivity contribution in [2.45, 2.75) is 42.7 Å². The summed E-state index contributed by atoms with van der Waals surface area (Å²) in [5.41, 5.74) is 5.90. The molecule has 1 aromatic heterocycles. The summed E-state index contributed by atoms with van der Waals surface area (Å²) in [6.07, 6.45) is 1.05. The van der Waals surface area contributed by atoms with Crippen LogP contribution >= 0.6 is 11.6 Å². The maximum absolute atomic E-state index is 15.5. The van der Waals surface area contributed by atoms with Crippen LogP contribution in [0.2, 0.25) is 5.02 Å². The highest BCUT2D eigenvalue weighted by atomic mass is 35.5. The fraction of sp³-hybridized carbons (Fsp3) is 0.407. The number of rotatable bonds is 5. The van der Waals surface area contributed by atoms with E-state index in [1.54, 1.807) is 36.1 Å². The first-order valence-corrected chi connectivity index (χ1v) is 15.2. The van der Waals surface area contributed by atoms with Crippen molar-refractivity contribution in [1.82, 2.24) is 15.0 Å². The van der Waals surface area contributed by atoms with Crippen LogP contribution in [0.15, 0.2) is 45.8 Å². The zero-order chi connectivity index (χ0) is 29.1. The number of ether oxygens (including phenoxy) is 1. The lowest BCUT2D eigenvalue weighted by molar-refractivity contribution is -0.119. The normalized spacial score (nSPS) is 24.8. The highest BCUT2D eigenvalue weighted by molar-refractivity contribution is 7.91. The van der Waals surface area contributed by atoms with Gasteiger partial charge in [0.25, 0.3) is 0 Å². The van der Waals surface area contributed by atoms with E-state index in [-0.39, 0.29) is 46.9 Å². The molecule has 0 spiro atoms. The van der Waals surface area contributed by atoms with Crippen LogP contribution in [0.3, 0.4) is 0 Å². The zero-order valence-corrected chi connectivity index (χ0v) is 23.6. The van der Waals surface area contributed by atoms with E-state index in [0.29, 0.717) is 23.7 Å². The van der Waals surface area contributed by atoms with Gasteiger partial charge in [-0.25, -0.2) is 17.6 Å². The SMILES string of the molecule is CCOC(=O)N1CC2CC(c3nc(-c4cc5c(cc4F)S(=O)(=O)C[C@H](N)C(=O)N5Cc4ccc(Cl)cc4)no3)(C2)C1. The molecule has 2 bridgehead atoms. The van der Waals surface area contributed by atoms with Gasteiger partial charge in [0.15, 0.2) is 9.84 Å². The van der Waals surface area contributed by atoms with Crippen LogP contribution in [-0.4, -0.2) is 66.9 Å². The van der Waals surface area contributed by atoms with Crippen molar-refractivity contribution < 1.29 is 31.7 Å². The smallest absolute Gasteiger partial charge is 0.409 e. The Hall–Kier alpha value is -3.55. The quantitative estimate of drug-likeness (QED) is 0.463. The minimum Gasteiger partial charge on any atom is -0.450 e. The van der Waals surface area contributed by atoms with Gasteiger partial charge in [-0.2, -0.15) is 4.98 Å². The average molecular weight is 604 g/mol. The third kappa shape index (κ3) is 4.85. The number of nitrogens with two attached hydrogens (primary N) is 1. The Bertz CT molecular complexity index is 1640. The van der Waals surface area contributed by atoms with Crippen molar-refractivity contribution in [1.29, 1.82) is 0 Å². The molecule has 14 heteroatoms. The van der Waals surface area contributed by atoms with Gasteiger partial charge in [0.05, 0.1) is 46.5 Å². The van der Waals surface area contributed by atoms with Crippen molar-refractivity contribution in [2.75, 3.05) is 30.3 Å². The number of hydrogen-bond donors (Lipinski definition) is 1. The summed E-state index contributed by atoms with van der Waals surface area (Å²) >= 11 is 6.00. The molecule has 7 rings (SSSR count). The van der Waals surface area contributed by atoms with E-state index in [9.17, 15) is 18.0 Å². The summed E-state index contributed by atoms with van der Waals surface area (Å²) in [6, 6.07) is 7.46. The van der Waals surface area contributed by atoms with Gasteiger partial charge >= 0.3 is 6.09 Å². The third-order valence-corrected chi connectivity index (χ3v) is 9.94. The molecular weight excluding hydrogens is 577 g/mol. The topological polar surface area (TPSA) is 149 Å². The summed E-state index contributed by atoms with van der Waals surface area (Å²) < 4.78 is 52.6. The van der Waals surface area contributed by atoms with Gasteiger partial charge in [0.2, 0.25) is 17.6 Å². The van der Waals surface area contributed by atoms with Crippen molar-refractivity contribution in [3.8, 4) is 11.4 Å². The van der Waals surface area contributed by atoms with Gasteiger partial charge in [-0.05, 0) is 55.5 Å².